The summed E-state index contributed by atoms with van der Waals surface area (Å²) in [6, 6.07) is 16.5. The Morgan fingerprint density at radius 3 is 2.50 bits per heavy atom. The number of anilines is 1. The maximum Gasteiger partial charge on any atom is 0.229 e. The molecule has 0 spiro atoms. The zero-order chi connectivity index (χ0) is 18.6. The number of sulfonamides is 1. The Kier molecular flexibility index (Phi) is 5.18. The number of para-hydroxylation sites is 1. The molecule has 134 valence electrons. The number of pyridine rings is 1. The van der Waals surface area contributed by atoms with Crippen molar-refractivity contribution in [2.24, 2.45) is 0 Å². The van der Waals surface area contributed by atoms with Crippen molar-refractivity contribution < 1.29 is 13.2 Å². The Hall–Kier alpha value is -2.93. The van der Waals surface area contributed by atoms with Gasteiger partial charge in [0.15, 0.2) is 0 Å². The minimum atomic E-state index is -3.29. The Balaban J connectivity index is 1.60. The fourth-order valence-electron chi connectivity index (χ4n) is 2.65. The molecule has 0 saturated carbocycles. The maximum atomic E-state index is 12.3. The Labute approximate surface area is 152 Å². The second-order valence-electron chi connectivity index (χ2n) is 6.02. The summed E-state index contributed by atoms with van der Waals surface area (Å²) in [7, 11) is -3.29. The highest BCUT2D eigenvalue weighted by molar-refractivity contribution is 7.92. The number of hydrogen-bond donors (Lipinski definition) is 2. The first-order chi connectivity index (χ1) is 12.4. The number of rotatable bonds is 6. The van der Waals surface area contributed by atoms with Crippen molar-refractivity contribution in [2.45, 2.75) is 13.0 Å². The molecule has 26 heavy (non-hydrogen) atoms. The van der Waals surface area contributed by atoms with Gasteiger partial charge in [-0.1, -0.05) is 36.4 Å². The molecule has 0 atom stereocenters. The van der Waals surface area contributed by atoms with Gasteiger partial charge in [-0.3, -0.25) is 14.5 Å². The highest BCUT2D eigenvalue weighted by Gasteiger charge is 2.08. The van der Waals surface area contributed by atoms with Crippen molar-refractivity contribution in [3.63, 3.8) is 0 Å². The first kappa shape index (κ1) is 17.9. The van der Waals surface area contributed by atoms with Crippen molar-refractivity contribution in [3.05, 3.63) is 71.9 Å². The predicted molar refractivity (Wildman–Crippen MR) is 102 cm³/mol. The van der Waals surface area contributed by atoms with Gasteiger partial charge in [-0.05, 0) is 29.3 Å². The summed E-state index contributed by atoms with van der Waals surface area (Å²) in [5.41, 5.74) is 3.09. The van der Waals surface area contributed by atoms with Crippen molar-refractivity contribution >= 4 is 32.5 Å². The molecule has 1 heterocycles. The van der Waals surface area contributed by atoms with E-state index in [2.05, 4.69) is 15.0 Å². The van der Waals surface area contributed by atoms with Crippen LogP contribution < -0.4 is 10.0 Å². The summed E-state index contributed by atoms with van der Waals surface area (Å²) in [5, 5.41) is 3.88. The number of nitrogens with zero attached hydrogens (tertiary/aromatic N) is 1. The molecule has 0 unspecified atom stereocenters. The van der Waals surface area contributed by atoms with Crippen LogP contribution in [0.3, 0.4) is 0 Å². The molecule has 6 nitrogen and oxygen atoms in total. The van der Waals surface area contributed by atoms with E-state index in [1.807, 2.05) is 30.3 Å². The number of fused-ring (bicyclic) bond motifs is 1. The van der Waals surface area contributed by atoms with E-state index in [0.717, 1.165) is 28.3 Å². The zero-order valence-corrected chi connectivity index (χ0v) is 15.1. The third-order valence-corrected chi connectivity index (χ3v) is 4.42. The van der Waals surface area contributed by atoms with Gasteiger partial charge in [0.2, 0.25) is 15.9 Å². The minimum absolute atomic E-state index is 0.0958. The van der Waals surface area contributed by atoms with E-state index in [4.69, 9.17) is 0 Å². The Morgan fingerprint density at radius 1 is 1.04 bits per heavy atom. The van der Waals surface area contributed by atoms with Crippen LogP contribution in [0.1, 0.15) is 11.1 Å². The SMILES string of the molecule is CS(=O)(=O)Nc1ccc(CNC(=O)Cc2cccc3cccnc23)cc1. The summed E-state index contributed by atoms with van der Waals surface area (Å²) >= 11 is 0. The fourth-order valence-corrected chi connectivity index (χ4v) is 3.22. The van der Waals surface area contributed by atoms with Gasteiger partial charge in [-0.2, -0.15) is 0 Å². The summed E-state index contributed by atoms with van der Waals surface area (Å²) in [6.45, 7) is 0.371. The molecule has 2 N–H and O–H groups in total. The number of hydrogen-bond acceptors (Lipinski definition) is 4. The molecule has 0 aliphatic rings. The second kappa shape index (κ2) is 7.53. The number of amides is 1. The molecule has 3 aromatic rings. The van der Waals surface area contributed by atoms with E-state index in [-0.39, 0.29) is 12.3 Å². The normalized spacial score (nSPS) is 11.3. The molecule has 0 bridgehead atoms. The third kappa shape index (κ3) is 4.80. The van der Waals surface area contributed by atoms with Gasteiger partial charge in [0.1, 0.15) is 0 Å². The van der Waals surface area contributed by atoms with Gasteiger partial charge in [-0.25, -0.2) is 8.42 Å². The van der Waals surface area contributed by atoms with Gasteiger partial charge in [0.05, 0.1) is 18.2 Å². The van der Waals surface area contributed by atoms with Crippen molar-refractivity contribution in [3.8, 4) is 0 Å². The van der Waals surface area contributed by atoms with Crippen LogP contribution in [0.25, 0.3) is 10.9 Å². The van der Waals surface area contributed by atoms with Gasteiger partial charge in [0, 0.05) is 23.8 Å². The largest absolute Gasteiger partial charge is 0.352 e. The molecule has 1 amide bonds. The molecule has 0 saturated heterocycles. The van der Waals surface area contributed by atoms with E-state index in [9.17, 15) is 13.2 Å². The van der Waals surface area contributed by atoms with Crippen LogP contribution in [0.5, 0.6) is 0 Å². The molecule has 0 fully saturated rings. The number of benzene rings is 2. The standard InChI is InChI=1S/C19H19N3O3S/c1-26(24,25)22-17-9-7-14(8-10-17)13-21-18(23)12-16-5-2-4-15-6-3-11-20-19(15)16/h2-11,22H,12-13H2,1H3,(H,21,23). The quantitative estimate of drug-likeness (QED) is 0.699. The summed E-state index contributed by atoms with van der Waals surface area (Å²) in [5.74, 6) is -0.0958. The molecule has 3 rings (SSSR count). The van der Waals surface area contributed by atoms with Crippen molar-refractivity contribution in [2.75, 3.05) is 11.0 Å². The average Bonchev–Trinajstić information content (AvgIpc) is 2.60. The van der Waals surface area contributed by atoms with Crippen molar-refractivity contribution in [1.82, 2.24) is 10.3 Å². The Bertz CT molecular complexity index is 1030. The fraction of sp³-hybridized carbons (Fsp3) is 0.158. The number of nitrogens with one attached hydrogen (secondary N) is 2. The van der Waals surface area contributed by atoms with Crippen LogP contribution in [0.2, 0.25) is 0 Å². The van der Waals surface area contributed by atoms with E-state index in [1.165, 1.54) is 0 Å². The van der Waals surface area contributed by atoms with Gasteiger partial charge in [-0.15, -0.1) is 0 Å². The molecule has 2 aromatic carbocycles. The predicted octanol–water partition coefficient (Wildman–Crippen LogP) is 2.47. The van der Waals surface area contributed by atoms with E-state index < -0.39 is 10.0 Å². The lowest BCUT2D eigenvalue weighted by atomic mass is 10.1. The molecule has 0 radical (unpaired) electrons. The second-order valence-corrected chi connectivity index (χ2v) is 7.77. The summed E-state index contributed by atoms with van der Waals surface area (Å²) in [4.78, 5) is 16.6. The minimum Gasteiger partial charge on any atom is -0.352 e. The van der Waals surface area contributed by atoms with E-state index in [0.29, 0.717) is 12.2 Å². The first-order valence-electron chi connectivity index (χ1n) is 8.07. The molecule has 0 aliphatic heterocycles. The highest BCUT2D eigenvalue weighted by Crippen LogP contribution is 2.16. The lowest BCUT2D eigenvalue weighted by Crippen LogP contribution is -2.24. The molecule has 7 heteroatoms. The van der Waals surface area contributed by atoms with Crippen LogP contribution in [0.15, 0.2) is 60.8 Å². The van der Waals surface area contributed by atoms with E-state index in [1.54, 1.807) is 30.5 Å². The topological polar surface area (TPSA) is 88.2 Å². The van der Waals surface area contributed by atoms with Gasteiger partial charge in [0.25, 0.3) is 0 Å². The molecule has 1 aromatic heterocycles. The smallest absolute Gasteiger partial charge is 0.229 e. The molecule has 0 aliphatic carbocycles. The van der Waals surface area contributed by atoms with Crippen molar-refractivity contribution in [1.29, 1.82) is 0 Å². The van der Waals surface area contributed by atoms with Crippen LogP contribution >= 0.6 is 0 Å². The number of carbonyl (C=O) groups excluding carboxylic acids is 1. The highest BCUT2D eigenvalue weighted by atomic mass is 32.2. The summed E-state index contributed by atoms with van der Waals surface area (Å²) in [6.07, 6.45) is 3.07. The lowest BCUT2D eigenvalue weighted by Gasteiger charge is -2.08. The first-order valence-corrected chi connectivity index (χ1v) is 9.96. The van der Waals surface area contributed by atoms with E-state index >= 15 is 0 Å². The third-order valence-electron chi connectivity index (χ3n) is 3.81. The van der Waals surface area contributed by atoms with Crippen LogP contribution in [-0.4, -0.2) is 25.6 Å². The molecular weight excluding hydrogens is 350 g/mol. The zero-order valence-electron chi connectivity index (χ0n) is 14.3. The Morgan fingerprint density at radius 2 is 1.77 bits per heavy atom. The van der Waals surface area contributed by atoms with Crippen LogP contribution in [0, 0.1) is 0 Å². The molecular formula is C19H19N3O3S. The summed E-state index contributed by atoms with van der Waals surface area (Å²) < 4.78 is 24.8. The van der Waals surface area contributed by atoms with Gasteiger partial charge >= 0.3 is 0 Å². The number of aromatic nitrogens is 1. The number of carbonyl (C=O) groups is 1. The lowest BCUT2D eigenvalue weighted by molar-refractivity contribution is -0.120. The maximum absolute atomic E-state index is 12.3. The van der Waals surface area contributed by atoms with Crippen LogP contribution in [-0.2, 0) is 27.8 Å². The van der Waals surface area contributed by atoms with Crippen LogP contribution in [0.4, 0.5) is 5.69 Å². The van der Waals surface area contributed by atoms with Gasteiger partial charge < -0.3 is 5.32 Å². The average molecular weight is 369 g/mol. The monoisotopic (exact) mass is 369 g/mol.